The van der Waals surface area contributed by atoms with Gasteiger partial charge >= 0.3 is 0 Å². The number of anilines is 3. The molecule has 0 aromatic carbocycles. The molecule has 0 radical (unpaired) electrons. The molecule has 0 saturated heterocycles. The van der Waals surface area contributed by atoms with Crippen LogP contribution in [0.4, 0.5) is 17.3 Å². The molecule has 1 atom stereocenters. The van der Waals surface area contributed by atoms with Crippen molar-refractivity contribution in [3.05, 3.63) is 30.2 Å². The van der Waals surface area contributed by atoms with Crippen molar-refractivity contribution < 1.29 is 14.1 Å². The van der Waals surface area contributed by atoms with E-state index in [1.165, 1.54) is 18.0 Å². The van der Waals surface area contributed by atoms with Gasteiger partial charge in [0.25, 0.3) is 0 Å². The summed E-state index contributed by atoms with van der Waals surface area (Å²) < 4.78 is 4.87. The summed E-state index contributed by atoms with van der Waals surface area (Å²) in [5.74, 6) is 1.01. The van der Waals surface area contributed by atoms with E-state index in [4.69, 9.17) is 10.3 Å². The van der Waals surface area contributed by atoms with Gasteiger partial charge in [-0.2, -0.15) is 0 Å². The number of pyridine rings is 1. The lowest BCUT2D eigenvalue weighted by Crippen LogP contribution is -2.25. The minimum absolute atomic E-state index is 0. The topological polar surface area (TPSA) is 123 Å². The first-order valence-electron chi connectivity index (χ1n) is 6.81. The molecule has 2 aromatic heterocycles. The van der Waals surface area contributed by atoms with Crippen molar-refractivity contribution in [3.63, 3.8) is 0 Å². The number of carbonyl (C=O) groups excluding carboxylic acids is 2. The van der Waals surface area contributed by atoms with Gasteiger partial charge in [-0.15, -0.1) is 24.2 Å². The Kier molecular flexibility index (Phi) is 7.53. The number of halogens is 1. The van der Waals surface area contributed by atoms with Gasteiger partial charge in [0.05, 0.1) is 22.9 Å². The lowest BCUT2D eigenvalue weighted by molar-refractivity contribution is -0.115. The molecular formula is C14H18ClN5O3S. The van der Waals surface area contributed by atoms with Crippen LogP contribution in [0.3, 0.4) is 0 Å². The fraction of sp³-hybridized carbons (Fsp3) is 0.286. The largest absolute Gasteiger partial charge is 0.384 e. The zero-order chi connectivity index (χ0) is 16.8. The number of amides is 2. The van der Waals surface area contributed by atoms with E-state index >= 15 is 0 Å². The highest BCUT2D eigenvalue weighted by atomic mass is 35.5. The molecule has 2 aromatic rings. The third kappa shape index (κ3) is 6.09. The number of aryl methyl sites for hydroxylation is 1. The van der Waals surface area contributed by atoms with Gasteiger partial charge in [0.1, 0.15) is 11.6 Å². The number of nitrogens with zero attached hydrogens (tertiary/aromatic N) is 2. The number of rotatable bonds is 6. The predicted molar refractivity (Wildman–Crippen MR) is 96.3 cm³/mol. The highest BCUT2D eigenvalue weighted by Crippen LogP contribution is 2.15. The minimum Gasteiger partial charge on any atom is -0.384 e. The summed E-state index contributed by atoms with van der Waals surface area (Å²) in [6.45, 7) is 3.45. The van der Waals surface area contributed by atoms with Crippen LogP contribution in [-0.4, -0.2) is 33.0 Å². The van der Waals surface area contributed by atoms with Crippen molar-refractivity contribution >= 4 is 53.3 Å². The number of thioether (sulfide) groups is 1. The van der Waals surface area contributed by atoms with Crippen molar-refractivity contribution in [2.24, 2.45) is 0 Å². The molecule has 0 spiro atoms. The Morgan fingerprint density at radius 2 is 2.12 bits per heavy atom. The van der Waals surface area contributed by atoms with Crippen LogP contribution in [-0.2, 0) is 9.59 Å². The molecule has 0 saturated carbocycles. The van der Waals surface area contributed by atoms with Crippen LogP contribution in [0.1, 0.15) is 12.7 Å². The van der Waals surface area contributed by atoms with Crippen LogP contribution in [0.15, 0.2) is 28.9 Å². The number of nitrogen functional groups attached to an aromatic ring is 1. The maximum absolute atomic E-state index is 12.0. The van der Waals surface area contributed by atoms with Crippen molar-refractivity contribution in [1.29, 1.82) is 0 Å². The SMILES string of the molecule is Cc1cc(NC(=O)C(C)SCC(=O)Nc2ccc(N)nc2)no1.Cl. The van der Waals surface area contributed by atoms with E-state index in [0.29, 0.717) is 23.1 Å². The maximum Gasteiger partial charge on any atom is 0.238 e. The molecule has 130 valence electrons. The Balaban J connectivity index is 0.00000288. The van der Waals surface area contributed by atoms with Gasteiger partial charge in [0.15, 0.2) is 5.82 Å². The molecular weight excluding hydrogens is 354 g/mol. The molecule has 0 aliphatic rings. The Morgan fingerprint density at radius 3 is 2.71 bits per heavy atom. The van der Waals surface area contributed by atoms with Crippen LogP contribution in [0, 0.1) is 6.92 Å². The Labute approximate surface area is 149 Å². The van der Waals surface area contributed by atoms with E-state index in [1.807, 2.05) is 0 Å². The fourth-order valence-electron chi connectivity index (χ4n) is 1.61. The second-order valence-corrected chi connectivity index (χ2v) is 6.11. The molecule has 0 aliphatic heterocycles. The van der Waals surface area contributed by atoms with E-state index in [2.05, 4.69) is 20.8 Å². The van der Waals surface area contributed by atoms with Crippen LogP contribution in [0.5, 0.6) is 0 Å². The Morgan fingerprint density at radius 1 is 1.38 bits per heavy atom. The van der Waals surface area contributed by atoms with E-state index in [9.17, 15) is 9.59 Å². The summed E-state index contributed by atoms with van der Waals surface area (Å²) in [6, 6.07) is 4.88. The maximum atomic E-state index is 12.0. The average molecular weight is 372 g/mol. The average Bonchev–Trinajstić information content (AvgIpc) is 2.92. The molecule has 0 aliphatic carbocycles. The Bertz CT molecular complexity index is 692. The van der Waals surface area contributed by atoms with Gasteiger partial charge in [0, 0.05) is 6.07 Å². The van der Waals surface area contributed by atoms with Crippen molar-refractivity contribution in [1.82, 2.24) is 10.1 Å². The zero-order valence-electron chi connectivity index (χ0n) is 13.1. The predicted octanol–water partition coefficient (Wildman–Crippen LogP) is 2.08. The standard InChI is InChI=1S/C14H17N5O3S.ClH/c1-8-5-12(19-22-8)18-14(21)9(2)23-7-13(20)17-10-3-4-11(15)16-6-10;/h3-6,9H,7H2,1-2H3,(H2,15,16)(H,17,20)(H,18,19,21);1H. The first-order valence-corrected chi connectivity index (χ1v) is 7.86. The number of carbonyl (C=O) groups is 2. The summed E-state index contributed by atoms with van der Waals surface area (Å²) >= 11 is 1.21. The molecule has 4 N–H and O–H groups in total. The third-order valence-corrected chi connectivity index (χ3v) is 3.93. The first-order chi connectivity index (χ1) is 10.9. The smallest absolute Gasteiger partial charge is 0.238 e. The quantitative estimate of drug-likeness (QED) is 0.710. The second-order valence-electron chi connectivity index (χ2n) is 4.79. The van der Waals surface area contributed by atoms with Gasteiger partial charge in [-0.1, -0.05) is 5.16 Å². The third-order valence-electron chi connectivity index (χ3n) is 2.78. The van der Waals surface area contributed by atoms with Crippen molar-refractivity contribution in [2.45, 2.75) is 19.1 Å². The monoisotopic (exact) mass is 371 g/mol. The van der Waals surface area contributed by atoms with Crippen LogP contribution < -0.4 is 16.4 Å². The zero-order valence-corrected chi connectivity index (χ0v) is 14.7. The van der Waals surface area contributed by atoms with E-state index < -0.39 is 5.25 Å². The number of hydrogen-bond acceptors (Lipinski definition) is 7. The molecule has 24 heavy (non-hydrogen) atoms. The minimum atomic E-state index is -0.415. The molecule has 1 unspecified atom stereocenters. The molecule has 0 fully saturated rings. The molecule has 2 rings (SSSR count). The van der Waals surface area contributed by atoms with Crippen LogP contribution >= 0.6 is 24.2 Å². The first kappa shape index (κ1) is 19.8. The normalized spacial score (nSPS) is 11.2. The summed E-state index contributed by atoms with van der Waals surface area (Å²) in [6.07, 6.45) is 1.47. The van der Waals surface area contributed by atoms with Gasteiger partial charge in [0.2, 0.25) is 11.8 Å². The van der Waals surface area contributed by atoms with Crippen LogP contribution in [0.25, 0.3) is 0 Å². The lowest BCUT2D eigenvalue weighted by atomic mass is 10.4. The van der Waals surface area contributed by atoms with Crippen LogP contribution in [0.2, 0.25) is 0 Å². The van der Waals surface area contributed by atoms with Gasteiger partial charge in [-0.3, -0.25) is 9.59 Å². The fourth-order valence-corrected chi connectivity index (χ4v) is 2.29. The van der Waals surface area contributed by atoms with Gasteiger partial charge in [-0.05, 0) is 26.0 Å². The summed E-state index contributed by atoms with van der Waals surface area (Å²) in [7, 11) is 0. The van der Waals surface area contributed by atoms with E-state index in [1.54, 1.807) is 32.0 Å². The molecule has 8 nitrogen and oxygen atoms in total. The summed E-state index contributed by atoms with van der Waals surface area (Å²) in [5.41, 5.74) is 6.03. The highest BCUT2D eigenvalue weighted by Gasteiger charge is 2.16. The van der Waals surface area contributed by atoms with Crippen molar-refractivity contribution in [3.8, 4) is 0 Å². The summed E-state index contributed by atoms with van der Waals surface area (Å²) in [5, 5.41) is 8.57. The number of nitrogens with one attached hydrogen (secondary N) is 2. The van der Waals surface area contributed by atoms with Gasteiger partial charge < -0.3 is 20.9 Å². The number of nitrogens with two attached hydrogens (primary N) is 1. The molecule has 2 amide bonds. The molecule has 10 heteroatoms. The lowest BCUT2D eigenvalue weighted by Gasteiger charge is -2.10. The number of hydrogen-bond donors (Lipinski definition) is 3. The van der Waals surface area contributed by atoms with Gasteiger partial charge in [-0.25, -0.2) is 4.98 Å². The molecule has 0 bridgehead atoms. The highest BCUT2D eigenvalue weighted by molar-refractivity contribution is 8.01. The summed E-state index contributed by atoms with van der Waals surface area (Å²) in [4.78, 5) is 27.7. The molecule has 2 heterocycles. The van der Waals surface area contributed by atoms with E-state index in [-0.39, 0.29) is 30.0 Å². The van der Waals surface area contributed by atoms with E-state index in [0.717, 1.165) is 0 Å². The Hall–Kier alpha value is -2.26. The van der Waals surface area contributed by atoms with Crippen molar-refractivity contribution in [2.75, 3.05) is 22.1 Å². The number of aromatic nitrogens is 2. The second kappa shape index (κ2) is 9.14.